The molecule has 0 radical (unpaired) electrons. The van der Waals surface area contributed by atoms with Crippen molar-refractivity contribution in [2.75, 3.05) is 5.32 Å². The van der Waals surface area contributed by atoms with Gasteiger partial charge in [-0.1, -0.05) is 78.7 Å². The third-order valence-corrected chi connectivity index (χ3v) is 8.71. The SMILES string of the molecule is C[C@H](Nc1ncnc2[nH]ccc(=O)c12)c1c(Cl)c2cccc(-c3ccc(C4CCC4)cc3)c2c(=O)n1-c1ccccc1. The number of rotatable bonds is 6. The van der Waals surface area contributed by atoms with Crippen molar-refractivity contribution in [3.8, 4) is 16.8 Å². The molecule has 0 unspecified atom stereocenters. The Bertz CT molecular complexity index is 2060. The van der Waals surface area contributed by atoms with E-state index in [9.17, 15) is 9.59 Å². The second-order valence-electron chi connectivity index (χ2n) is 10.8. The van der Waals surface area contributed by atoms with Crippen molar-refractivity contribution in [3.05, 3.63) is 128 Å². The van der Waals surface area contributed by atoms with Gasteiger partial charge in [0.25, 0.3) is 5.56 Å². The lowest BCUT2D eigenvalue weighted by Crippen LogP contribution is -2.27. The van der Waals surface area contributed by atoms with Crippen LogP contribution in [0.4, 0.5) is 5.82 Å². The van der Waals surface area contributed by atoms with Gasteiger partial charge in [0.15, 0.2) is 5.43 Å². The zero-order valence-electron chi connectivity index (χ0n) is 23.0. The Balaban J connectivity index is 1.42. The van der Waals surface area contributed by atoms with Crippen LogP contribution in [-0.2, 0) is 0 Å². The molecule has 3 aromatic heterocycles. The molecule has 7 nitrogen and oxygen atoms in total. The maximum atomic E-state index is 14.5. The van der Waals surface area contributed by atoms with Gasteiger partial charge >= 0.3 is 0 Å². The summed E-state index contributed by atoms with van der Waals surface area (Å²) in [6.45, 7) is 1.90. The molecule has 208 valence electrons. The van der Waals surface area contributed by atoms with Crippen molar-refractivity contribution in [1.82, 2.24) is 19.5 Å². The molecule has 1 aliphatic carbocycles. The van der Waals surface area contributed by atoms with Gasteiger partial charge in [0.1, 0.15) is 23.2 Å². The van der Waals surface area contributed by atoms with Gasteiger partial charge in [-0.3, -0.25) is 14.2 Å². The lowest BCUT2D eigenvalue weighted by Gasteiger charge is -2.26. The molecule has 7 rings (SSSR count). The molecule has 1 atom stereocenters. The third kappa shape index (κ3) is 4.37. The molecule has 0 spiro atoms. The fourth-order valence-electron chi connectivity index (χ4n) is 5.95. The van der Waals surface area contributed by atoms with Crippen LogP contribution in [0.2, 0.25) is 5.02 Å². The summed E-state index contributed by atoms with van der Waals surface area (Å²) in [6, 6.07) is 24.8. The number of nitrogens with zero attached hydrogens (tertiary/aromatic N) is 3. The van der Waals surface area contributed by atoms with Crippen molar-refractivity contribution in [3.63, 3.8) is 0 Å². The smallest absolute Gasteiger partial charge is 0.263 e. The normalized spacial score (nSPS) is 14.1. The van der Waals surface area contributed by atoms with E-state index in [0.29, 0.717) is 49.9 Å². The molecule has 0 aliphatic heterocycles. The van der Waals surface area contributed by atoms with Gasteiger partial charge in [-0.15, -0.1) is 0 Å². The summed E-state index contributed by atoms with van der Waals surface area (Å²) >= 11 is 7.23. The second-order valence-corrected chi connectivity index (χ2v) is 11.2. The topological polar surface area (TPSA) is 92.7 Å². The molecule has 3 aromatic carbocycles. The molecule has 8 heteroatoms. The van der Waals surface area contributed by atoms with Crippen LogP contribution in [0.1, 0.15) is 49.4 Å². The number of para-hydroxylation sites is 1. The van der Waals surface area contributed by atoms with E-state index in [1.165, 1.54) is 37.2 Å². The van der Waals surface area contributed by atoms with Crippen molar-refractivity contribution < 1.29 is 0 Å². The molecule has 6 aromatic rings. The van der Waals surface area contributed by atoms with Crippen molar-refractivity contribution in [2.45, 2.75) is 38.1 Å². The molecule has 3 heterocycles. The molecule has 1 saturated carbocycles. The van der Waals surface area contributed by atoms with E-state index in [4.69, 9.17) is 11.6 Å². The van der Waals surface area contributed by atoms with Gasteiger partial charge in [-0.2, -0.15) is 0 Å². The van der Waals surface area contributed by atoms with Crippen LogP contribution in [0.3, 0.4) is 0 Å². The summed E-state index contributed by atoms with van der Waals surface area (Å²) in [5.74, 6) is 0.994. The first-order valence-corrected chi connectivity index (χ1v) is 14.5. The number of halogens is 1. The average Bonchev–Trinajstić information content (AvgIpc) is 2.98. The summed E-state index contributed by atoms with van der Waals surface area (Å²) in [5.41, 5.74) is 4.46. The Kier molecular flexibility index (Phi) is 6.59. The summed E-state index contributed by atoms with van der Waals surface area (Å²) in [6.07, 6.45) is 6.70. The molecule has 42 heavy (non-hydrogen) atoms. The molecule has 0 bridgehead atoms. The fraction of sp³-hybridized carbons (Fsp3) is 0.176. The van der Waals surface area contributed by atoms with E-state index in [1.807, 2.05) is 55.5 Å². The van der Waals surface area contributed by atoms with E-state index in [1.54, 1.807) is 10.8 Å². The Morgan fingerprint density at radius 3 is 2.45 bits per heavy atom. The van der Waals surface area contributed by atoms with Crippen molar-refractivity contribution in [2.24, 2.45) is 0 Å². The van der Waals surface area contributed by atoms with E-state index in [0.717, 1.165) is 11.1 Å². The summed E-state index contributed by atoms with van der Waals surface area (Å²) in [4.78, 5) is 38.8. The molecular formula is C34H28ClN5O2. The first-order valence-electron chi connectivity index (χ1n) is 14.1. The Hall–Kier alpha value is -4.75. The molecule has 0 saturated heterocycles. The predicted octanol–water partition coefficient (Wildman–Crippen LogP) is 7.38. The van der Waals surface area contributed by atoms with Crippen molar-refractivity contribution in [1.29, 1.82) is 0 Å². The van der Waals surface area contributed by atoms with Crippen LogP contribution >= 0.6 is 11.6 Å². The Morgan fingerprint density at radius 1 is 0.929 bits per heavy atom. The maximum absolute atomic E-state index is 14.5. The number of hydrogen-bond acceptors (Lipinski definition) is 5. The van der Waals surface area contributed by atoms with Crippen LogP contribution < -0.4 is 16.3 Å². The Morgan fingerprint density at radius 2 is 1.71 bits per heavy atom. The number of nitrogens with one attached hydrogen (secondary N) is 2. The molecule has 1 aliphatic rings. The highest BCUT2D eigenvalue weighted by Gasteiger charge is 2.25. The van der Waals surface area contributed by atoms with E-state index >= 15 is 0 Å². The minimum absolute atomic E-state index is 0.173. The lowest BCUT2D eigenvalue weighted by molar-refractivity contribution is 0.420. The van der Waals surface area contributed by atoms with Gasteiger partial charge in [0.2, 0.25) is 0 Å². The lowest BCUT2D eigenvalue weighted by atomic mass is 9.80. The number of aromatic amines is 1. The van der Waals surface area contributed by atoms with Gasteiger partial charge in [-0.25, -0.2) is 9.97 Å². The quantitative estimate of drug-likeness (QED) is 0.217. The highest BCUT2D eigenvalue weighted by molar-refractivity contribution is 6.36. The predicted molar refractivity (Wildman–Crippen MR) is 169 cm³/mol. The minimum Gasteiger partial charge on any atom is -0.361 e. The second kappa shape index (κ2) is 10.6. The van der Waals surface area contributed by atoms with Gasteiger partial charge < -0.3 is 10.3 Å². The number of benzene rings is 3. The summed E-state index contributed by atoms with van der Waals surface area (Å²) in [7, 11) is 0. The van der Waals surface area contributed by atoms with Crippen LogP contribution in [-0.4, -0.2) is 19.5 Å². The first kappa shape index (κ1) is 26.2. The summed E-state index contributed by atoms with van der Waals surface area (Å²) in [5, 5.41) is 5.36. The fourth-order valence-corrected chi connectivity index (χ4v) is 6.35. The number of hydrogen-bond donors (Lipinski definition) is 2. The number of fused-ring (bicyclic) bond motifs is 2. The monoisotopic (exact) mass is 573 g/mol. The number of anilines is 1. The van der Waals surface area contributed by atoms with Crippen LogP contribution in [0.15, 0.2) is 101 Å². The summed E-state index contributed by atoms with van der Waals surface area (Å²) < 4.78 is 1.67. The molecule has 0 amide bonds. The highest BCUT2D eigenvalue weighted by atomic mass is 35.5. The van der Waals surface area contributed by atoms with Gasteiger partial charge in [0.05, 0.1) is 22.1 Å². The number of pyridine rings is 2. The highest BCUT2D eigenvalue weighted by Crippen LogP contribution is 2.39. The zero-order chi connectivity index (χ0) is 28.8. The standard InChI is InChI=1S/C34H28ClN5O2/c1-20(39-33-29-27(41)17-18-36-32(29)37-19-38-33)31-30(35)26-12-6-11-25(23-15-13-22(14-16-23)21-7-5-8-21)28(26)34(42)40(31)24-9-3-2-4-10-24/h2-4,6,9-21H,5,7-8H2,1H3,(H2,36,37,38,39,41)/t20-/m0/s1. The molecule has 1 fully saturated rings. The molecule has 2 N–H and O–H groups in total. The van der Waals surface area contributed by atoms with Gasteiger partial charge in [-0.05, 0) is 54.5 Å². The number of H-pyrrole nitrogens is 1. The average molecular weight is 574 g/mol. The maximum Gasteiger partial charge on any atom is 0.263 e. The van der Waals surface area contributed by atoms with E-state index in [2.05, 4.69) is 44.5 Å². The zero-order valence-corrected chi connectivity index (χ0v) is 23.7. The third-order valence-electron chi connectivity index (χ3n) is 8.31. The van der Waals surface area contributed by atoms with Crippen molar-refractivity contribution >= 4 is 39.2 Å². The minimum atomic E-state index is -0.502. The van der Waals surface area contributed by atoms with Crippen LogP contribution in [0.5, 0.6) is 0 Å². The largest absolute Gasteiger partial charge is 0.361 e. The first-order chi connectivity index (χ1) is 20.5. The van der Waals surface area contributed by atoms with Gasteiger partial charge in [0, 0.05) is 23.3 Å². The number of aromatic nitrogens is 4. The van der Waals surface area contributed by atoms with Crippen LogP contribution in [0, 0.1) is 0 Å². The Labute approximate surface area is 246 Å². The van der Waals surface area contributed by atoms with Crippen LogP contribution in [0.25, 0.3) is 38.6 Å². The molecular weight excluding hydrogens is 546 g/mol. The van der Waals surface area contributed by atoms with E-state index in [-0.39, 0.29) is 11.0 Å². The van der Waals surface area contributed by atoms with E-state index < -0.39 is 6.04 Å².